The van der Waals surface area contributed by atoms with E-state index in [1.807, 2.05) is 39.8 Å². The van der Waals surface area contributed by atoms with Gasteiger partial charge in [-0.05, 0) is 62.8 Å². The summed E-state index contributed by atoms with van der Waals surface area (Å²) in [7, 11) is -6.21. The Labute approximate surface area is 237 Å². The largest absolute Gasteiger partial charge is 0.537 e. The first-order valence-electron chi connectivity index (χ1n) is 14.1. The molecule has 1 aliphatic rings. The van der Waals surface area contributed by atoms with Gasteiger partial charge in [0.15, 0.2) is 0 Å². The Morgan fingerprint density at radius 2 is 0.974 bits per heavy atom. The summed E-state index contributed by atoms with van der Waals surface area (Å²) in [4.78, 5) is 0. The van der Waals surface area contributed by atoms with Gasteiger partial charge >= 0.3 is 17.6 Å². The Bertz CT molecular complexity index is 1020. The Hall–Kier alpha value is -1.89. The molecule has 1 aliphatic carbocycles. The van der Waals surface area contributed by atoms with Crippen LogP contribution in [0.15, 0.2) is 61.7 Å². The topological polar surface area (TPSA) is 55.4 Å². The van der Waals surface area contributed by atoms with E-state index in [1.54, 1.807) is 0 Å². The van der Waals surface area contributed by atoms with E-state index in [0.29, 0.717) is 39.6 Å². The van der Waals surface area contributed by atoms with Crippen LogP contribution in [0, 0.1) is 0 Å². The maximum Gasteiger partial charge on any atom is 0.537 e. The van der Waals surface area contributed by atoms with Crippen molar-refractivity contribution in [2.24, 2.45) is 0 Å². The average molecular weight is 571 g/mol. The molecule has 0 bridgehead atoms. The lowest BCUT2D eigenvalue weighted by molar-refractivity contribution is 0.0821. The summed E-state index contributed by atoms with van der Waals surface area (Å²) in [5.41, 5.74) is 4.60. The van der Waals surface area contributed by atoms with Crippen molar-refractivity contribution in [3.8, 4) is 11.1 Å². The molecule has 0 unspecified atom stereocenters. The maximum atomic E-state index is 6.38. The zero-order valence-corrected chi connectivity index (χ0v) is 26.6. The molecule has 8 heteroatoms. The van der Waals surface area contributed by atoms with E-state index in [4.69, 9.17) is 26.6 Å². The quantitative estimate of drug-likeness (QED) is 0.132. The summed E-state index contributed by atoms with van der Waals surface area (Å²) < 4.78 is 37.9. The van der Waals surface area contributed by atoms with Crippen LogP contribution in [-0.2, 0) is 32.0 Å². The number of benzene rings is 2. The molecule has 0 saturated carbocycles. The molecule has 39 heavy (non-hydrogen) atoms. The molecule has 214 valence electrons. The normalized spacial score (nSPS) is 14.2. The van der Waals surface area contributed by atoms with Crippen molar-refractivity contribution < 1.29 is 26.6 Å². The first kappa shape index (κ1) is 31.6. The first-order valence-corrected chi connectivity index (χ1v) is 17.6. The van der Waals surface area contributed by atoms with E-state index in [1.165, 1.54) is 22.3 Å². The number of hydrogen-bond donors (Lipinski definition) is 0. The fourth-order valence-corrected chi connectivity index (χ4v) is 10.2. The van der Waals surface area contributed by atoms with Crippen molar-refractivity contribution in [2.45, 2.75) is 59.8 Å². The van der Waals surface area contributed by atoms with Crippen LogP contribution < -0.4 is 10.4 Å². The molecule has 2 aromatic carbocycles. The molecule has 0 aliphatic heterocycles. The van der Waals surface area contributed by atoms with Crippen LogP contribution >= 0.6 is 0 Å². The van der Waals surface area contributed by atoms with Crippen LogP contribution in [0.25, 0.3) is 11.1 Å². The van der Waals surface area contributed by atoms with Gasteiger partial charge in [-0.2, -0.15) is 0 Å². The summed E-state index contributed by atoms with van der Waals surface area (Å²) in [6.45, 7) is 23.2. The van der Waals surface area contributed by atoms with Gasteiger partial charge in [0.05, 0.1) is 0 Å². The Kier molecular flexibility index (Phi) is 11.5. The predicted molar refractivity (Wildman–Crippen MR) is 163 cm³/mol. The van der Waals surface area contributed by atoms with E-state index < -0.39 is 17.6 Å². The van der Waals surface area contributed by atoms with Gasteiger partial charge in [0.1, 0.15) is 0 Å². The fourth-order valence-electron chi connectivity index (χ4n) is 5.18. The summed E-state index contributed by atoms with van der Waals surface area (Å²) in [5, 5.41) is 1.96. The molecule has 0 atom stereocenters. The lowest BCUT2D eigenvalue weighted by atomic mass is 9.82. The molecule has 2 aromatic rings. The van der Waals surface area contributed by atoms with Gasteiger partial charge in [-0.25, -0.2) is 0 Å². The van der Waals surface area contributed by atoms with Crippen molar-refractivity contribution in [1.29, 1.82) is 0 Å². The highest BCUT2D eigenvalue weighted by molar-refractivity contribution is 6.76. The van der Waals surface area contributed by atoms with Gasteiger partial charge in [0.25, 0.3) is 0 Å². The molecule has 0 spiro atoms. The predicted octanol–water partition coefficient (Wildman–Crippen LogP) is 5.62. The van der Waals surface area contributed by atoms with Crippen LogP contribution in [-0.4, -0.2) is 57.3 Å². The highest BCUT2D eigenvalue weighted by atomic mass is 28.4. The van der Waals surface area contributed by atoms with E-state index in [-0.39, 0.29) is 5.41 Å². The molecule has 0 heterocycles. The highest BCUT2D eigenvalue weighted by Gasteiger charge is 2.48. The zero-order valence-electron chi connectivity index (χ0n) is 24.6. The highest BCUT2D eigenvalue weighted by Crippen LogP contribution is 2.48. The SMILES string of the molecule is C=CCCO[Si](OCC)(OCC)c1ccc2c(c1)C(C)(C)c1cc([Si](OCC)(OCC)OCCC=C)ccc1-2. The minimum Gasteiger partial charge on any atom is -0.370 e. The molecule has 3 rings (SSSR count). The van der Waals surface area contributed by atoms with E-state index in [0.717, 1.165) is 23.2 Å². The summed E-state index contributed by atoms with van der Waals surface area (Å²) in [6, 6.07) is 13.1. The number of fused-ring (bicyclic) bond motifs is 3. The minimum absolute atomic E-state index is 0.268. The van der Waals surface area contributed by atoms with Crippen LogP contribution in [0.4, 0.5) is 0 Å². The monoisotopic (exact) mass is 570 g/mol. The fraction of sp³-hybridized carbons (Fsp3) is 0.484. The van der Waals surface area contributed by atoms with Crippen molar-refractivity contribution >= 4 is 28.0 Å². The lowest BCUT2D eigenvalue weighted by Crippen LogP contribution is -2.57. The average Bonchev–Trinajstić information content (AvgIpc) is 3.15. The van der Waals surface area contributed by atoms with Gasteiger partial charge in [-0.1, -0.05) is 62.4 Å². The first-order chi connectivity index (χ1) is 18.8. The third-order valence-electron chi connectivity index (χ3n) is 6.95. The van der Waals surface area contributed by atoms with Gasteiger partial charge in [0, 0.05) is 55.4 Å². The van der Waals surface area contributed by atoms with Crippen LogP contribution in [0.1, 0.15) is 65.5 Å². The Morgan fingerprint density at radius 3 is 1.28 bits per heavy atom. The van der Waals surface area contributed by atoms with Crippen molar-refractivity contribution in [1.82, 2.24) is 0 Å². The third kappa shape index (κ3) is 6.55. The molecule has 6 nitrogen and oxygen atoms in total. The molecule has 0 N–H and O–H groups in total. The molecule has 0 aromatic heterocycles. The minimum atomic E-state index is -3.11. The Morgan fingerprint density at radius 1 is 0.615 bits per heavy atom. The van der Waals surface area contributed by atoms with Gasteiger partial charge in [-0.15, -0.1) is 13.2 Å². The van der Waals surface area contributed by atoms with Crippen LogP contribution in [0.2, 0.25) is 0 Å². The molecule has 0 fully saturated rings. The molecule has 0 amide bonds. The summed E-state index contributed by atoms with van der Waals surface area (Å²) in [6.07, 6.45) is 5.18. The molecule has 0 saturated heterocycles. The molecular formula is C31H46O6Si2. The van der Waals surface area contributed by atoms with Crippen LogP contribution in [0.5, 0.6) is 0 Å². The van der Waals surface area contributed by atoms with Gasteiger partial charge in [-0.3, -0.25) is 0 Å². The van der Waals surface area contributed by atoms with Crippen molar-refractivity contribution in [3.63, 3.8) is 0 Å². The van der Waals surface area contributed by atoms with Gasteiger partial charge in [0.2, 0.25) is 0 Å². The molecular weight excluding hydrogens is 525 g/mol. The maximum absolute atomic E-state index is 6.38. The number of rotatable bonds is 18. The van der Waals surface area contributed by atoms with E-state index in [9.17, 15) is 0 Å². The summed E-state index contributed by atoms with van der Waals surface area (Å²) in [5.74, 6) is 0. The second kappa shape index (κ2) is 14.1. The van der Waals surface area contributed by atoms with Crippen LogP contribution in [0.3, 0.4) is 0 Å². The van der Waals surface area contributed by atoms with E-state index in [2.05, 4.69) is 63.4 Å². The number of hydrogen-bond acceptors (Lipinski definition) is 6. The third-order valence-corrected chi connectivity index (χ3v) is 12.8. The van der Waals surface area contributed by atoms with E-state index >= 15 is 0 Å². The zero-order chi connectivity index (χ0) is 28.5. The van der Waals surface area contributed by atoms with Gasteiger partial charge < -0.3 is 26.6 Å². The summed E-state index contributed by atoms with van der Waals surface area (Å²) >= 11 is 0. The second-order valence-corrected chi connectivity index (χ2v) is 15.0. The standard InChI is InChI=1S/C31H46O6Si2/c1-9-15-21-36-38(32-11-3,33-12-4)25-17-19-27-28-20-18-26(24-30(28)31(7,8)29(27)23-25)39(34-13-5,35-14-6)37-22-16-10-2/h9-10,17-20,23-24H,1-2,11-16,21-22H2,3-8H3. The molecule has 0 radical (unpaired) electrons. The lowest BCUT2D eigenvalue weighted by Gasteiger charge is -2.31. The Balaban J connectivity index is 2.09. The van der Waals surface area contributed by atoms with Crippen molar-refractivity contribution in [2.75, 3.05) is 39.6 Å². The smallest absolute Gasteiger partial charge is 0.370 e. The second-order valence-electron chi connectivity index (χ2n) is 9.84. The van der Waals surface area contributed by atoms with Crippen molar-refractivity contribution in [3.05, 3.63) is 72.8 Å².